The van der Waals surface area contributed by atoms with Crippen LogP contribution >= 0.6 is 0 Å². The number of rotatable bonds is 6. The molecule has 0 aliphatic carbocycles. The maximum absolute atomic E-state index is 11.5. The van der Waals surface area contributed by atoms with Gasteiger partial charge in [0.25, 0.3) is 0 Å². The van der Waals surface area contributed by atoms with Crippen LogP contribution in [0.4, 0.5) is 0 Å². The molecule has 0 aromatic carbocycles. The molecule has 1 amide bonds. The van der Waals surface area contributed by atoms with E-state index in [-0.39, 0.29) is 11.8 Å². The van der Waals surface area contributed by atoms with E-state index in [1.807, 2.05) is 0 Å². The Morgan fingerprint density at radius 3 is 2.07 bits per heavy atom. The van der Waals surface area contributed by atoms with Gasteiger partial charge in [0.2, 0.25) is 5.91 Å². The van der Waals surface area contributed by atoms with E-state index in [9.17, 15) is 9.59 Å². The molecule has 0 aromatic heterocycles. The van der Waals surface area contributed by atoms with E-state index >= 15 is 0 Å². The predicted octanol–water partition coefficient (Wildman–Crippen LogP) is 1.51. The van der Waals surface area contributed by atoms with Crippen LogP contribution in [0.1, 0.15) is 34.1 Å². The van der Waals surface area contributed by atoms with Crippen molar-refractivity contribution in [3.05, 3.63) is 0 Å². The normalized spacial score (nSPS) is 12.9. The summed E-state index contributed by atoms with van der Waals surface area (Å²) >= 11 is 0. The van der Waals surface area contributed by atoms with Crippen LogP contribution < -0.4 is 5.32 Å². The lowest BCUT2D eigenvalue weighted by Gasteiger charge is -2.16. The lowest BCUT2D eigenvalue weighted by molar-refractivity contribution is -0.148. The van der Waals surface area contributed by atoms with Crippen molar-refractivity contribution in [2.75, 3.05) is 6.54 Å². The summed E-state index contributed by atoms with van der Waals surface area (Å²) in [4.78, 5) is 22.3. The van der Waals surface area contributed by atoms with Gasteiger partial charge in [-0.25, -0.2) is 0 Å². The van der Waals surface area contributed by atoms with E-state index in [1.165, 1.54) is 0 Å². The zero-order valence-electron chi connectivity index (χ0n) is 9.91. The minimum atomic E-state index is -1.05. The van der Waals surface area contributed by atoms with Crippen molar-refractivity contribution in [3.63, 3.8) is 0 Å². The Bertz CT molecular complexity index is 224. The first-order valence-electron chi connectivity index (χ1n) is 5.36. The summed E-state index contributed by atoms with van der Waals surface area (Å²) in [7, 11) is 0. The number of amides is 1. The largest absolute Gasteiger partial charge is 0.481 e. The highest BCUT2D eigenvalue weighted by atomic mass is 16.4. The average molecular weight is 215 g/mol. The Kier molecular flexibility index (Phi) is 5.97. The summed E-state index contributed by atoms with van der Waals surface area (Å²) in [6.45, 7) is 8.14. The van der Waals surface area contributed by atoms with E-state index < -0.39 is 11.9 Å². The topological polar surface area (TPSA) is 66.4 Å². The zero-order valence-corrected chi connectivity index (χ0v) is 9.91. The van der Waals surface area contributed by atoms with Gasteiger partial charge in [0.15, 0.2) is 0 Å². The van der Waals surface area contributed by atoms with Crippen molar-refractivity contribution in [1.82, 2.24) is 5.32 Å². The quantitative estimate of drug-likeness (QED) is 0.660. The molecule has 4 nitrogen and oxygen atoms in total. The summed E-state index contributed by atoms with van der Waals surface area (Å²) in [5.74, 6) is -2.03. The summed E-state index contributed by atoms with van der Waals surface area (Å²) in [6, 6.07) is 0. The molecule has 0 aromatic rings. The molecule has 1 unspecified atom stereocenters. The second kappa shape index (κ2) is 6.43. The lowest BCUT2D eigenvalue weighted by Crippen LogP contribution is -2.39. The number of aliphatic carboxylic acids is 1. The highest BCUT2D eigenvalue weighted by molar-refractivity contribution is 5.97. The highest BCUT2D eigenvalue weighted by Crippen LogP contribution is 2.11. The van der Waals surface area contributed by atoms with E-state index in [1.54, 1.807) is 13.8 Å². The van der Waals surface area contributed by atoms with Gasteiger partial charge in [0.1, 0.15) is 5.92 Å². The number of carboxylic acid groups (broad SMARTS) is 1. The van der Waals surface area contributed by atoms with Gasteiger partial charge >= 0.3 is 5.97 Å². The second-order valence-electron chi connectivity index (χ2n) is 4.53. The van der Waals surface area contributed by atoms with Crippen molar-refractivity contribution in [2.45, 2.75) is 34.1 Å². The summed E-state index contributed by atoms with van der Waals surface area (Å²) in [5, 5.41) is 11.5. The molecule has 0 rings (SSSR count). The molecule has 0 heterocycles. The Labute approximate surface area is 91.1 Å². The van der Waals surface area contributed by atoms with Crippen LogP contribution in [0.2, 0.25) is 0 Å². The number of carbonyl (C=O) groups is 2. The molecule has 1 atom stereocenters. The first-order valence-corrected chi connectivity index (χ1v) is 5.36. The minimum Gasteiger partial charge on any atom is -0.481 e. The zero-order chi connectivity index (χ0) is 12.0. The molecule has 0 fully saturated rings. The SMILES string of the molecule is CC(C)CCNC(=O)C(C(=O)O)C(C)C. The fourth-order valence-electron chi connectivity index (χ4n) is 1.29. The number of hydrogen-bond donors (Lipinski definition) is 2. The minimum absolute atomic E-state index is 0.179. The molecular formula is C11H21NO3. The van der Waals surface area contributed by atoms with Gasteiger partial charge in [-0.2, -0.15) is 0 Å². The standard InChI is InChI=1S/C11H21NO3/c1-7(2)5-6-12-10(13)9(8(3)4)11(14)15/h7-9H,5-6H2,1-4H3,(H,12,13)(H,14,15). The third-order valence-corrected chi connectivity index (χ3v) is 2.24. The summed E-state index contributed by atoms with van der Waals surface area (Å²) < 4.78 is 0. The third kappa shape index (κ3) is 5.40. The Morgan fingerprint density at radius 2 is 1.73 bits per heavy atom. The van der Waals surface area contributed by atoms with Crippen LogP contribution in [0.15, 0.2) is 0 Å². The van der Waals surface area contributed by atoms with Gasteiger partial charge in [-0.05, 0) is 18.3 Å². The average Bonchev–Trinajstić information content (AvgIpc) is 2.01. The van der Waals surface area contributed by atoms with Crippen molar-refractivity contribution < 1.29 is 14.7 Å². The number of carboxylic acids is 1. The van der Waals surface area contributed by atoms with Gasteiger partial charge < -0.3 is 10.4 Å². The van der Waals surface area contributed by atoms with Crippen LogP contribution in [0, 0.1) is 17.8 Å². The van der Waals surface area contributed by atoms with Crippen LogP contribution in [0.5, 0.6) is 0 Å². The third-order valence-electron chi connectivity index (χ3n) is 2.24. The van der Waals surface area contributed by atoms with Gasteiger partial charge in [-0.15, -0.1) is 0 Å². The first-order chi connectivity index (χ1) is 6.86. The van der Waals surface area contributed by atoms with Crippen LogP contribution in [-0.4, -0.2) is 23.5 Å². The number of carbonyl (C=O) groups excluding carboxylic acids is 1. The van der Waals surface area contributed by atoms with Gasteiger partial charge in [0, 0.05) is 6.54 Å². The van der Waals surface area contributed by atoms with Crippen molar-refractivity contribution in [3.8, 4) is 0 Å². The molecule has 0 bridgehead atoms. The Balaban J connectivity index is 4.10. The van der Waals surface area contributed by atoms with E-state index in [2.05, 4.69) is 19.2 Å². The first kappa shape index (κ1) is 13.9. The molecule has 4 heteroatoms. The van der Waals surface area contributed by atoms with Crippen molar-refractivity contribution in [2.24, 2.45) is 17.8 Å². The van der Waals surface area contributed by atoms with Crippen molar-refractivity contribution in [1.29, 1.82) is 0 Å². The molecule has 0 saturated heterocycles. The van der Waals surface area contributed by atoms with E-state index in [0.29, 0.717) is 12.5 Å². The van der Waals surface area contributed by atoms with Gasteiger partial charge in [-0.3, -0.25) is 9.59 Å². The Hall–Kier alpha value is -1.06. The van der Waals surface area contributed by atoms with Crippen LogP contribution in [0.25, 0.3) is 0 Å². The fourth-order valence-corrected chi connectivity index (χ4v) is 1.29. The summed E-state index contributed by atoms with van der Waals surface area (Å²) in [6.07, 6.45) is 0.871. The molecular weight excluding hydrogens is 194 g/mol. The molecule has 0 aliphatic rings. The van der Waals surface area contributed by atoms with Crippen molar-refractivity contribution >= 4 is 11.9 Å². The predicted molar refractivity (Wildman–Crippen MR) is 58.4 cm³/mol. The molecule has 0 aliphatic heterocycles. The Morgan fingerprint density at radius 1 is 1.20 bits per heavy atom. The smallest absolute Gasteiger partial charge is 0.316 e. The van der Waals surface area contributed by atoms with Crippen LogP contribution in [0.3, 0.4) is 0 Å². The molecule has 15 heavy (non-hydrogen) atoms. The van der Waals surface area contributed by atoms with E-state index in [0.717, 1.165) is 6.42 Å². The molecule has 2 N–H and O–H groups in total. The maximum atomic E-state index is 11.5. The number of hydrogen-bond acceptors (Lipinski definition) is 2. The fraction of sp³-hybridized carbons (Fsp3) is 0.818. The van der Waals surface area contributed by atoms with Gasteiger partial charge in [0.05, 0.1) is 0 Å². The second-order valence-corrected chi connectivity index (χ2v) is 4.53. The molecule has 0 radical (unpaired) electrons. The molecule has 88 valence electrons. The van der Waals surface area contributed by atoms with Gasteiger partial charge in [-0.1, -0.05) is 27.7 Å². The van der Waals surface area contributed by atoms with E-state index in [4.69, 9.17) is 5.11 Å². The highest BCUT2D eigenvalue weighted by Gasteiger charge is 2.28. The molecule has 0 spiro atoms. The summed E-state index contributed by atoms with van der Waals surface area (Å²) in [5.41, 5.74) is 0. The molecule has 0 saturated carbocycles. The van der Waals surface area contributed by atoms with Crippen LogP contribution in [-0.2, 0) is 9.59 Å². The monoisotopic (exact) mass is 215 g/mol. The number of nitrogens with one attached hydrogen (secondary N) is 1. The lowest BCUT2D eigenvalue weighted by atomic mass is 9.95. The maximum Gasteiger partial charge on any atom is 0.316 e.